The fraction of sp³-hybridized carbons (Fsp3) is 0.538. The topological polar surface area (TPSA) is 24.1 Å². The number of hydrogen-bond acceptors (Lipinski definition) is 2. The number of para-hydroxylation sites is 1. The normalized spacial score (nSPS) is 21.3. The molecule has 1 aliphatic heterocycles. The standard InChI is InChI=1S/C13H15F3N2/c14-13(15,16)9-4-3-5-10-11(9)18-12(8-17-10)6-1-2-7-12/h3-5,17-18H,1-2,6-8H2. The molecule has 2 nitrogen and oxygen atoms in total. The van der Waals surface area contributed by atoms with Crippen LogP contribution in [-0.2, 0) is 6.18 Å². The molecule has 1 heterocycles. The molecule has 1 aliphatic carbocycles. The van der Waals surface area contributed by atoms with Crippen molar-refractivity contribution >= 4 is 11.4 Å². The first-order chi connectivity index (χ1) is 8.50. The summed E-state index contributed by atoms with van der Waals surface area (Å²) in [5, 5.41) is 6.31. The number of fused-ring (bicyclic) bond motifs is 1. The maximum atomic E-state index is 13.0. The van der Waals surface area contributed by atoms with E-state index in [0.29, 0.717) is 12.2 Å². The lowest BCUT2D eigenvalue weighted by Crippen LogP contribution is -2.46. The third kappa shape index (κ3) is 1.82. The minimum Gasteiger partial charge on any atom is -0.381 e. The summed E-state index contributed by atoms with van der Waals surface area (Å²) in [4.78, 5) is 0. The van der Waals surface area contributed by atoms with Crippen molar-refractivity contribution in [3.8, 4) is 0 Å². The second kappa shape index (κ2) is 3.80. The number of nitrogens with one attached hydrogen (secondary N) is 2. The molecule has 2 aliphatic rings. The summed E-state index contributed by atoms with van der Waals surface area (Å²) in [6.07, 6.45) is -0.273. The Morgan fingerprint density at radius 1 is 1.11 bits per heavy atom. The van der Waals surface area contributed by atoms with Crippen LogP contribution in [0.3, 0.4) is 0 Å². The van der Waals surface area contributed by atoms with Gasteiger partial charge in [0.1, 0.15) is 0 Å². The molecule has 0 bridgehead atoms. The molecular formula is C13H15F3N2. The molecule has 3 rings (SSSR count). The lowest BCUT2D eigenvalue weighted by molar-refractivity contribution is -0.137. The van der Waals surface area contributed by atoms with E-state index in [1.54, 1.807) is 6.07 Å². The Hall–Kier alpha value is -1.39. The molecule has 1 aromatic rings. The molecule has 1 saturated carbocycles. The van der Waals surface area contributed by atoms with Crippen LogP contribution >= 0.6 is 0 Å². The fourth-order valence-corrected chi connectivity index (χ4v) is 3.00. The Kier molecular flexibility index (Phi) is 2.47. The van der Waals surface area contributed by atoms with E-state index in [0.717, 1.165) is 31.7 Å². The SMILES string of the molecule is FC(F)(F)c1cccc2c1NC1(CCCC1)CN2. The molecule has 0 unspecified atom stereocenters. The zero-order chi connectivity index (χ0) is 12.8. The smallest absolute Gasteiger partial charge is 0.381 e. The minimum absolute atomic E-state index is 0.186. The van der Waals surface area contributed by atoms with Gasteiger partial charge in [-0.2, -0.15) is 13.2 Å². The Labute approximate surface area is 104 Å². The molecular weight excluding hydrogens is 241 g/mol. The summed E-state index contributed by atoms with van der Waals surface area (Å²) in [7, 11) is 0. The highest BCUT2D eigenvalue weighted by molar-refractivity contribution is 5.76. The molecule has 5 heteroatoms. The quantitative estimate of drug-likeness (QED) is 0.736. The number of benzene rings is 1. The van der Waals surface area contributed by atoms with Crippen LogP contribution in [0.25, 0.3) is 0 Å². The number of halogens is 3. The Balaban J connectivity index is 2.02. The summed E-state index contributed by atoms with van der Waals surface area (Å²) in [5.74, 6) is 0. The lowest BCUT2D eigenvalue weighted by Gasteiger charge is -2.38. The zero-order valence-electron chi connectivity index (χ0n) is 9.90. The fourth-order valence-electron chi connectivity index (χ4n) is 3.00. The van der Waals surface area contributed by atoms with E-state index in [9.17, 15) is 13.2 Å². The highest BCUT2D eigenvalue weighted by Crippen LogP contribution is 2.45. The van der Waals surface area contributed by atoms with Gasteiger partial charge in [0.25, 0.3) is 0 Å². The molecule has 0 amide bonds. The van der Waals surface area contributed by atoms with Gasteiger partial charge in [-0.05, 0) is 25.0 Å². The number of rotatable bonds is 0. The molecule has 1 fully saturated rings. The first-order valence-electron chi connectivity index (χ1n) is 6.23. The maximum Gasteiger partial charge on any atom is 0.418 e. The lowest BCUT2D eigenvalue weighted by atomic mass is 9.93. The number of alkyl halides is 3. The van der Waals surface area contributed by atoms with Crippen molar-refractivity contribution < 1.29 is 13.2 Å². The summed E-state index contributed by atoms with van der Waals surface area (Å²) >= 11 is 0. The Morgan fingerprint density at radius 3 is 2.50 bits per heavy atom. The van der Waals surface area contributed by atoms with E-state index in [-0.39, 0.29) is 11.2 Å². The highest BCUT2D eigenvalue weighted by Gasteiger charge is 2.41. The molecule has 1 aromatic carbocycles. The van der Waals surface area contributed by atoms with E-state index in [2.05, 4.69) is 10.6 Å². The van der Waals surface area contributed by atoms with Gasteiger partial charge in [-0.3, -0.25) is 0 Å². The van der Waals surface area contributed by atoms with Gasteiger partial charge >= 0.3 is 6.18 Å². The van der Waals surface area contributed by atoms with E-state index in [1.165, 1.54) is 6.07 Å². The monoisotopic (exact) mass is 256 g/mol. The molecule has 0 aromatic heterocycles. The van der Waals surface area contributed by atoms with Gasteiger partial charge in [-0.1, -0.05) is 18.9 Å². The molecule has 18 heavy (non-hydrogen) atoms. The van der Waals surface area contributed by atoms with Crippen molar-refractivity contribution in [1.29, 1.82) is 0 Å². The average molecular weight is 256 g/mol. The number of anilines is 2. The van der Waals surface area contributed by atoms with Crippen molar-refractivity contribution in [3.63, 3.8) is 0 Å². The zero-order valence-corrected chi connectivity index (χ0v) is 9.90. The second-order valence-electron chi connectivity index (χ2n) is 5.19. The largest absolute Gasteiger partial charge is 0.418 e. The van der Waals surface area contributed by atoms with E-state index in [4.69, 9.17) is 0 Å². The second-order valence-corrected chi connectivity index (χ2v) is 5.19. The van der Waals surface area contributed by atoms with Crippen LogP contribution in [0.5, 0.6) is 0 Å². The molecule has 0 saturated heterocycles. The molecule has 0 radical (unpaired) electrons. The first kappa shape index (κ1) is 11.7. The van der Waals surface area contributed by atoms with Gasteiger partial charge in [0.15, 0.2) is 0 Å². The van der Waals surface area contributed by atoms with Crippen LogP contribution in [0.2, 0.25) is 0 Å². The molecule has 0 atom stereocenters. The minimum atomic E-state index is -4.31. The Bertz CT molecular complexity index is 462. The third-order valence-electron chi connectivity index (χ3n) is 3.94. The summed E-state index contributed by atoms with van der Waals surface area (Å²) < 4.78 is 39.0. The van der Waals surface area contributed by atoms with Crippen molar-refractivity contribution in [3.05, 3.63) is 23.8 Å². The molecule has 1 spiro atoms. The molecule has 98 valence electrons. The summed E-state index contributed by atoms with van der Waals surface area (Å²) in [6, 6.07) is 4.28. The van der Waals surface area contributed by atoms with E-state index >= 15 is 0 Å². The van der Waals surface area contributed by atoms with Crippen LogP contribution < -0.4 is 10.6 Å². The van der Waals surface area contributed by atoms with Gasteiger partial charge in [0.2, 0.25) is 0 Å². The molecule has 2 N–H and O–H groups in total. The highest BCUT2D eigenvalue weighted by atomic mass is 19.4. The van der Waals surface area contributed by atoms with Crippen LogP contribution in [-0.4, -0.2) is 12.1 Å². The van der Waals surface area contributed by atoms with Gasteiger partial charge in [0.05, 0.1) is 22.5 Å². The first-order valence-corrected chi connectivity index (χ1v) is 6.23. The van der Waals surface area contributed by atoms with Crippen molar-refractivity contribution in [2.45, 2.75) is 37.4 Å². The maximum absolute atomic E-state index is 13.0. The predicted molar refractivity (Wildman–Crippen MR) is 64.8 cm³/mol. The van der Waals surface area contributed by atoms with Crippen molar-refractivity contribution in [2.75, 3.05) is 17.2 Å². The van der Waals surface area contributed by atoms with Gasteiger partial charge in [0, 0.05) is 6.54 Å². The van der Waals surface area contributed by atoms with Crippen LogP contribution in [0.15, 0.2) is 18.2 Å². The van der Waals surface area contributed by atoms with Gasteiger partial charge in [-0.25, -0.2) is 0 Å². The van der Waals surface area contributed by atoms with Gasteiger partial charge < -0.3 is 10.6 Å². The average Bonchev–Trinajstić information content (AvgIpc) is 2.75. The predicted octanol–water partition coefficient (Wildman–Crippen LogP) is 3.86. The van der Waals surface area contributed by atoms with Crippen molar-refractivity contribution in [1.82, 2.24) is 0 Å². The van der Waals surface area contributed by atoms with Crippen LogP contribution in [0, 0.1) is 0 Å². The number of hydrogen-bond donors (Lipinski definition) is 2. The van der Waals surface area contributed by atoms with Crippen LogP contribution in [0.4, 0.5) is 24.5 Å². The van der Waals surface area contributed by atoms with Crippen molar-refractivity contribution in [2.24, 2.45) is 0 Å². The van der Waals surface area contributed by atoms with Crippen LogP contribution in [0.1, 0.15) is 31.2 Å². The Morgan fingerprint density at radius 2 is 1.83 bits per heavy atom. The third-order valence-corrected chi connectivity index (χ3v) is 3.94. The van der Waals surface area contributed by atoms with E-state index < -0.39 is 11.7 Å². The van der Waals surface area contributed by atoms with E-state index in [1.807, 2.05) is 0 Å². The van der Waals surface area contributed by atoms with Gasteiger partial charge in [-0.15, -0.1) is 0 Å². The summed E-state index contributed by atoms with van der Waals surface area (Å²) in [5.41, 5.74) is 0.0212. The summed E-state index contributed by atoms with van der Waals surface area (Å²) in [6.45, 7) is 0.710.